The number of aliphatic hydroxyl groups is 1. The molecule has 0 heterocycles. The van der Waals surface area contributed by atoms with E-state index < -0.39 is 29.5 Å². The lowest BCUT2D eigenvalue weighted by Crippen LogP contribution is -2.67. The Kier molecular flexibility index (Phi) is 3.80. The van der Waals surface area contributed by atoms with Crippen molar-refractivity contribution in [3.8, 4) is 0 Å². The van der Waals surface area contributed by atoms with Crippen LogP contribution >= 0.6 is 0 Å². The van der Waals surface area contributed by atoms with Crippen molar-refractivity contribution in [3.63, 3.8) is 0 Å². The molecule has 1 aromatic rings. The minimum Gasteiger partial charge on any atom is -0.357 e. The fourth-order valence-electron chi connectivity index (χ4n) is 1.13. The van der Waals surface area contributed by atoms with Crippen molar-refractivity contribution in [1.82, 2.24) is 5.32 Å². The van der Waals surface area contributed by atoms with Crippen LogP contribution in [0, 0.1) is 0 Å². The van der Waals surface area contributed by atoms with Gasteiger partial charge < -0.3 is 10.4 Å². The summed E-state index contributed by atoms with van der Waals surface area (Å²) in [4.78, 5) is 11.3. The first kappa shape index (κ1) is 15.3. The molecule has 0 spiro atoms. The number of hydrogen-bond donors (Lipinski definition) is 2. The van der Waals surface area contributed by atoms with Gasteiger partial charge in [0.05, 0.1) is 0 Å². The molecule has 0 saturated heterocycles. The summed E-state index contributed by atoms with van der Waals surface area (Å²) in [6.07, 6.45) is -12.2. The van der Waals surface area contributed by atoms with Crippen LogP contribution in [-0.4, -0.2) is 29.1 Å². The first-order valence-electron chi connectivity index (χ1n) is 4.72. The zero-order valence-corrected chi connectivity index (χ0v) is 9.01. The van der Waals surface area contributed by atoms with Gasteiger partial charge in [-0.2, -0.15) is 26.3 Å². The molecule has 0 aliphatic heterocycles. The lowest BCUT2D eigenvalue weighted by Gasteiger charge is -2.32. The molecule has 0 saturated carbocycles. The molecule has 19 heavy (non-hydrogen) atoms. The normalized spacial score (nSPS) is 13.2. The van der Waals surface area contributed by atoms with Gasteiger partial charge in [-0.1, -0.05) is 18.2 Å². The van der Waals surface area contributed by atoms with Crippen LogP contribution in [-0.2, 0) is 0 Å². The summed E-state index contributed by atoms with van der Waals surface area (Å²) in [7, 11) is 0. The molecule has 1 aromatic carbocycles. The average Bonchev–Trinajstić information content (AvgIpc) is 2.27. The standard InChI is InChI=1S/C10H7F6NO2/c11-9(12,13)8(19,10(14,15)16)17-7(18)6-4-2-1-3-5-6/h1-5,19H,(H,17,18). The van der Waals surface area contributed by atoms with E-state index in [9.17, 15) is 31.1 Å². The molecule has 0 bridgehead atoms. The van der Waals surface area contributed by atoms with Gasteiger partial charge in [-0.25, -0.2) is 0 Å². The Hall–Kier alpha value is -1.77. The Morgan fingerprint density at radius 3 is 1.74 bits per heavy atom. The highest BCUT2D eigenvalue weighted by Crippen LogP contribution is 2.41. The van der Waals surface area contributed by atoms with Crippen molar-refractivity contribution in [2.45, 2.75) is 18.1 Å². The maximum atomic E-state index is 12.3. The number of rotatable bonds is 2. The second-order valence-electron chi connectivity index (χ2n) is 3.53. The molecule has 2 N–H and O–H groups in total. The number of carbonyl (C=O) groups is 1. The van der Waals surface area contributed by atoms with E-state index in [1.54, 1.807) is 0 Å². The monoisotopic (exact) mass is 287 g/mol. The van der Waals surface area contributed by atoms with Crippen molar-refractivity contribution in [2.75, 3.05) is 0 Å². The predicted molar refractivity (Wildman–Crippen MR) is 51.0 cm³/mol. The van der Waals surface area contributed by atoms with Gasteiger partial charge in [0.25, 0.3) is 5.91 Å². The van der Waals surface area contributed by atoms with E-state index in [4.69, 9.17) is 5.11 Å². The van der Waals surface area contributed by atoms with Crippen LogP contribution in [0.15, 0.2) is 30.3 Å². The quantitative estimate of drug-likeness (QED) is 0.647. The molecular weight excluding hydrogens is 280 g/mol. The molecular formula is C10H7F6NO2. The van der Waals surface area contributed by atoms with Crippen molar-refractivity contribution in [2.24, 2.45) is 0 Å². The summed E-state index contributed by atoms with van der Waals surface area (Å²) >= 11 is 0. The topological polar surface area (TPSA) is 49.3 Å². The highest BCUT2D eigenvalue weighted by atomic mass is 19.4. The minimum atomic E-state index is -6.10. The molecule has 3 nitrogen and oxygen atoms in total. The Labute approximate surface area is 102 Å². The van der Waals surface area contributed by atoms with Crippen molar-refractivity contribution < 1.29 is 36.2 Å². The Bertz CT molecular complexity index is 439. The summed E-state index contributed by atoms with van der Waals surface area (Å²) < 4.78 is 73.7. The van der Waals surface area contributed by atoms with E-state index in [0.29, 0.717) is 5.32 Å². The lowest BCUT2D eigenvalue weighted by atomic mass is 10.1. The zero-order valence-electron chi connectivity index (χ0n) is 9.01. The fraction of sp³-hybridized carbons (Fsp3) is 0.300. The van der Waals surface area contributed by atoms with E-state index in [1.807, 2.05) is 0 Å². The molecule has 0 atom stereocenters. The number of hydrogen-bond acceptors (Lipinski definition) is 2. The fourth-order valence-corrected chi connectivity index (χ4v) is 1.13. The molecule has 9 heteroatoms. The number of halogens is 6. The third-order valence-electron chi connectivity index (χ3n) is 2.15. The molecule has 0 aromatic heterocycles. The molecule has 0 unspecified atom stereocenters. The molecule has 1 rings (SSSR count). The Balaban J connectivity index is 3.08. The van der Waals surface area contributed by atoms with E-state index in [-0.39, 0.29) is 0 Å². The van der Waals surface area contributed by atoms with Crippen LogP contribution in [0.2, 0.25) is 0 Å². The molecule has 1 amide bonds. The average molecular weight is 287 g/mol. The first-order valence-corrected chi connectivity index (χ1v) is 4.72. The van der Waals surface area contributed by atoms with Crippen LogP contribution in [0.4, 0.5) is 26.3 Å². The molecule has 0 aliphatic rings. The van der Waals surface area contributed by atoms with Crippen LogP contribution in [0.25, 0.3) is 0 Å². The molecule has 0 fully saturated rings. The van der Waals surface area contributed by atoms with Crippen molar-refractivity contribution in [1.29, 1.82) is 0 Å². The molecule has 0 radical (unpaired) electrons. The second-order valence-corrected chi connectivity index (χ2v) is 3.53. The maximum Gasteiger partial charge on any atom is 0.446 e. The van der Waals surface area contributed by atoms with Crippen LogP contribution in [0.1, 0.15) is 10.4 Å². The number of benzene rings is 1. The summed E-state index contributed by atoms with van der Waals surface area (Å²) in [5, 5.41) is 9.29. The van der Waals surface area contributed by atoms with Crippen LogP contribution in [0.5, 0.6) is 0 Å². The lowest BCUT2D eigenvalue weighted by molar-refractivity contribution is -0.375. The van der Waals surface area contributed by atoms with Gasteiger partial charge in [0.15, 0.2) is 0 Å². The van der Waals surface area contributed by atoms with Gasteiger partial charge in [0.1, 0.15) is 0 Å². The van der Waals surface area contributed by atoms with Gasteiger partial charge in [-0.15, -0.1) is 0 Å². The number of alkyl halides is 6. The summed E-state index contributed by atoms with van der Waals surface area (Å²) in [5.41, 5.74) is -5.75. The van der Waals surface area contributed by atoms with Crippen molar-refractivity contribution in [3.05, 3.63) is 35.9 Å². The highest BCUT2D eigenvalue weighted by molar-refractivity contribution is 5.94. The largest absolute Gasteiger partial charge is 0.446 e. The number of amides is 1. The van der Waals surface area contributed by atoms with Crippen LogP contribution < -0.4 is 5.32 Å². The Morgan fingerprint density at radius 2 is 1.37 bits per heavy atom. The smallest absolute Gasteiger partial charge is 0.357 e. The van der Waals surface area contributed by atoms with E-state index in [1.165, 1.54) is 18.2 Å². The van der Waals surface area contributed by atoms with Crippen molar-refractivity contribution >= 4 is 5.91 Å². The zero-order chi connectivity index (χ0) is 14.9. The van der Waals surface area contributed by atoms with Gasteiger partial charge in [-0.3, -0.25) is 4.79 Å². The minimum absolute atomic E-state index is 0.450. The Morgan fingerprint density at radius 1 is 0.947 bits per heavy atom. The van der Waals surface area contributed by atoms with Gasteiger partial charge in [0.2, 0.25) is 0 Å². The summed E-state index contributed by atoms with van der Waals surface area (Å²) in [6.45, 7) is 0. The van der Waals surface area contributed by atoms with Crippen LogP contribution in [0.3, 0.4) is 0 Å². The number of nitrogens with one attached hydrogen (secondary N) is 1. The third kappa shape index (κ3) is 2.98. The highest BCUT2D eigenvalue weighted by Gasteiger charge is 2.71. The third-order valence-corrected chi connectivity index (χ3v) is 2.15. The predicted octanol–water partition coefficient (Wildman–Crippen LogP) is 2.23. The maximum absolute atomic E-state index is 12.3. The summed E-state index contributed by atoms with van der Waals surface area (Å²) in [6, 6.07) is 5.91. The van der Waals surface area contributed by atoms with Gasteiger partial charge in [-0.05, 0) is 12.1 Å². The van der Waals surface area contributed by atoms with E-state index in [0.717, 1.165) is 12.1 Å². The number of carbonyl (C=O) groups excluding carboxylic acids is 1. The summed E-state index contributed by atoms with van der Waals surface area (Å²) in [5.74, 6) is -1.70. The molecule has 106 valence electrons. The SMILES string of the molecule is O=C(NC(O)(C(F)(F)F)C(F)(F)F)c1ccccc1. The van der Waals surface area contributed by atoms with Gasteiger partial charge >= 0.3 is 18.1 Å². The first-order chi connectivity index (χ1) is 8.49. The van der Waals surface area contributed by atoms with E-state index in [2.05, 4.69) is 0 Å². The molecule has 0 aliphatic carbocycles. The van der Waals surface area contributed by atoms with Gasteiger partial charge in [0, 0.05) is 5.56 Å². The van der Waals surface area contributed by atoms with E-state index >= 15 is 0 Å². The second kappa shape index (κ2) is 4.72.